The number of nitrogens with zero attached hydrogens (tertiary/aromatic N) is 3. The smallest absolute Gasteiger partial charge is 0.258 e. The molecule has 33 heavy (non-hydrogen) atoms. The van der Waals surface area contributed by atoms with E-state index in [4.69, 9.17) is 9.47 Å². The van der Waals surface area contributed by atoms with Crippen molar-refractivity contribution in [2.75, 3.05) is 32.9 Å². The fraction of sp³-hybridized carbons (Fsp3) is 0.400. The maximum absolute atomic E-state index is 13.3. The molecule has 8 nitrogen and oxygen atoms in total. The van der Waals surface area contributed by atoms with Crippen LogP contribution in [-0.2, 0) is 20.7 Å². The normalized spacial score (nSPS) is 16.9. The van der Waals surface area contributed by atoms with Gasteiger partial charge < -0.3 is 24.1 Å². The second-order valence-electron chi connectivity index (χ2n) is 8.90. The van der Waals surface area contributed by atoms with Gasteiger partial charge in [0.15, 0.2) is 6.61 Å². The van der Waals surface area contributed by atoms with Crippen LogP contribution in [0.1, 0.15) is 19.4 Å². The molecule has 0 spiro atoms. The summed E-state index contributed by atoms with van der Waals surface area (Å²) < 4.78 is 13.3. The first-order chi connectivity index (χ1) is 15.9. The van der Waals surface area contributed by atoms with Crippen molar-refractivity contribution in [1.82, 2.24) is 19.6 Å². The molecule has 2 aromatic heterocycles. The average molecular weight is 451 g/mol. The van der Waals surface area contributed by atoms with Gasteiger partial charge in [0.2, 0.25) is 5.91 Å². The molecule has 0 saturated carbocycles. The molecule has 0 aliphatic carbocycles. The van der Waals surface area contributed by atoms with Crippen molar-refractivity contribution >= 4 is 17.5 Å². The Morgan fingerprint density at radius 1 is 1.21 bits per heavy atom. The Balaban J connectivity index is 1.35. The predicted molar refractivity (Wildman–Crippen MR) is 124 cm³/mol. The zero-order valence-corrected chi connectivity index (χ0v) is 19.1. The topological polar surface area (TPSA) is 85.2 Å². The second-order valence-corrected chi connectivity index (χ2v) is 8.90. The quantitative estimate of drug-likeness (QED) is 0.597. The summed E-state index contributed by atoms with van der Waals surface area (Å²) in [4.78, 5) is 31.8. The predicted octanol–water partition coefficient (Wildman–Crippen LogP) is 2.33. The standard InChI is InChI=1S/C25H30N4O4/c1-25(2,27-23(30)18-33-21-6-4-3-5-7-21)24(31)29-12-13-32-17-20(16-29)14-19-8-9-22-26-10-11-28(22)15-19/h3-11,15,20H,12-14,16-18H2,1-2H3,(H,27,30)/t20-/m1/s1. The summed E-state index contributed by atoms with van der Waals surface area (Å²) >= 11 is 0. The van der Waals surface area contributed by atoms with Gasteiger partial charge in [0.1, 0.15) is 16.9 Å². The summed E-state index contributed by atoms with van der Waals surface area (Å²) in [6.45, 7) is 5.43. The average Bonchev–Trinajstić information content (AvgIpc) is 3.15. The fourth-order valence-electron chi connectivity index (χ4n) is 4.11. The van der Waals surface area contributed by atoms with Crippen molar-refractivity contribution < 1.29 is 19.1 Å². The van der Waals surface area contributed by atoms with Crippen LogP contribution in [0.5, 0.6) is 5.75 Å². The number of nitrogens with one attached hydrogen (secondary N) is 1. The summed E-state index contributed by atoms with van der Waals surface area (Å²) in [5.41, 5.74) is 1.01. The summed E-state index contributed by atoms with van der Waals surface area (Å²) in [7, 11) is 0. The van der Waals surface area contributed by atoms with Crippen molar-refractivity contribution in [3.05, 3.63) is 66.6 Å². The Morgan fingerprint density at radius 3 is 2.85 bits per heavy atom. The van der Waals surface area contributed by atoms with Crippen molar-refractivity contribution in [2.45, 2.75) is 25.8 Å². The van der Waals surface area contributed by atoms with Gasteiger partial charge in [-0.3, -0.25) is 9.59 Å². The number of amides is 2. The highest BCUT2D eigenvalue weighted by molar-refractivity contribution is 5.91. The van der Waals surface area contributed by atoms with Gasteiger partial charge in [-0.25, -0.2) is 4.98 Å². The van der Waals surface area contributed by atoms with Crippen LogP contribution < -0.4 is 10.1 Å². The van der Waals surface area contributed by atoms with Crippen molar-refractivity contribution in [3.8, 4) is 5.75 Å². The third-order valence-electron chi connectivity index (χ3n) is 5.70. The van der Waals surface area contributed by atoms with Gasteiger partial charge in [-0.05, 0) is 44.0 Å². The van der Waals surface area contributed by atoms with Gasteiger partial charge >= 0.3 is 0 Å². The van der Waals surface area contributed by atoms with Crippen molar-refractivity contribution in [3.63, 3.8) is 0 Å². The highest BCUT2D eigenvalue weighted by Gasteiger charge is 2.35. The summed E-state index contributed by atoms with van der Waals surface area (Å²) in [6.07, 6.45) is 6.55. The number of hydrogen-bond acceptors (Lipinski definition) is 5. The molecule has 3 heterocycles. The van der Waals surface area contributed by atoms with Crippen LogP contribution in [0.2, 0.25) is 0 Å². The first kappa shape index (κ1) is 22.8. The number of rotatable bonds is 7. The molecule has 0 radical (unpaired) electrons. The highest BCUT2D eigenvalue weighted by Crippen LogP contribution is 2.18. The number of carbonyl (C=O) groups is 2. The maximum atomic E-state index is 13.3. The Kier molecular flexibility index (Phi) is 6.93. The Morgan fingerprint density at radius 2 is 2.03 bits per heavy atom. The molecule has 174 valence electrons. The lowest BCUT2D eigenvalue weighted by Crippen LogP contribution is -2.57. The SMILES string of the molecule is CC(C)(NC(=O)COc1ccccc1)C(=O)N1CCOC[C@H](Cc2ccc3nccn3c2)C1. The van der Waals surface area contributed by atoms with E-state index in [1.165, 1.54) is 0 Å². The molecule has 1 atom stereocenters. The Labute approximate surface area is 193 Å². The lowest BCUT2D eigenvalue weighted by molar-refractivity contribution is -0.141. The van der Waals surface area contributed by atoms with E-state index in [9.17, 15) is 9.59 Å². The van der Waals surface area contributed by atoms with Crippen LogP contribution in [0.4, 0.5) is 0 Å². The molecule has 1 aliphatic heterocycles. The fourth-order valence-corrected chi connectivity index (χ4v) is 4.11. The zero-order valence-electron chi connectivity index (χ0n) is 19.1. The largest absolute Gasteiger partial charge is 0.484 e. The molecule has 3 aromatic rings. The van der Waals surface area contributed by atoms with E-state index in [1.54, 1.807) is 37.1 Å². The lowest BCUT2D eigenvalue weighted by atomic mass is 9.98. The summed E-state index contributed by atoms with van der Waals surface area (Å²) in [5, 5.41) is 2.82. The van der Waals surface area contributed by atoms with E-state index < -0.39 is 5.54 Å². The van der Waals surface area contributed by atoms with Gasteiger partial charge in [0.05, 0.1) is 13.2 Å². The molecule has 4 rings (SSSR count). The highest BCUT2D eigenvalue weighted by atomic mass is 16.5. The third-order valence-corrected chi connectivity index (χ3v) is 5.70. The number of aromatic nitrogens is 2. The van der Waals surface area contributed by atoms with E-state index >= 15 is 0 Å². The zero-order chi connectivity index (χ0) is 23.3. The van der Waals surface area contributed by atoms with E-state index in [-0.39, 0.29) is 24.3 Å². The van der Waals surface area contributed by atoms with E-state index in [0.29, 0.717) is 32.1 Å². The minimum atomic E-state index is -1.05. The Hall–Kier alpha value is -3.39. The number of para-hydroxylation sites is 1. The number of imidazole rings is 1. The molecule has 1 N–H and O–H groups in total. The van der Waals surface area contributed by atoms with Crippen LogP contribution in [0.15, 0.2) is 61.1 Å². The van der Waals surface area contributed by atoms with E-state index in [1.807, 2.05) is 34.9 Å². The van der Waals surface area contributed by atoms with Crippen LogP contribution in [0.25, 0.3) is 5.65 Å². The van der Waals surface area contributed by atoms with E-state index in [2.05, 4.69) is 22.6 Å². The molecule has 0 bridgehead atoms. The third kappa shape index (κ3) is 5.90. The summed E-state index contributed by atoms with van der Waals surface area (Å²) in [5.74, 6) is 0.299. The number of ether oxygens (including phenoxy) is 2. The number of benzene rings is 1. The van der Waals surface area contributed by atoms with Crippen LogP contribution >= 0.6 is 0 Å². The van der Waals surface area contributed by atoms with Gasteiger partial charge in [0, 0.05) is 37.6 Å². The molecule has 1 saturated heterocycles. The molecule has 1 aromatic carbocycles. The number of carbonyl (C=O) groups excluding carboxylic acids is 2. The lowest BCUT2D eigenvalue weighted by Gasteiger charge is -2.33. The van der Waals surface area contributed by atoms with Crippen molar-refractivity contribution in [2.24, 2.45) is 5.92 Å². The Bertz CT molecular complexity index is 1100. The van der Waals surface area contributed by atoms with Gasteiger partial charge in [0.25, 0.3) is 5.91 Å². The molecular formula is C25H30N4O4. The molecule has 2 amide bonds. The van der Waals surface area contributed by atoms with Gasteiger partial charge in [-0.1, -0.05) is 24.3 Å². The van der Waals surface area contributed by atoms with Crippen molar-refractivity contribution in [1.29, 1.82) is 0 Å². The number of hydrogen-bond donors (Lipinski definition) is 1. The minimum absolute atomic E-state index is 0.129. The number of fused-ring (bicyclic) bond motifs is 1. The molecule has 8 heteroatoms. The minimum Gasteiger partial charge on any atom is -0.484 e. The maximum Gasteiger partial charge on any atom is 0.258 e. The summed E-state index contributed by atoms with van der Waals surface area (Å²) in [6, 6.07) is 13.2. The first-order valence-electron chi connectivity index (χ1n) is 11.2. The molecule has 0 unspecified atom stereocenters. The molecule has 1 fully saturated rings. The molecular weight excluding hydrogens is 420 g/mol. The number of pyridine rings is 1. The monoisotopic (exact) mass is 450 g/mol. The first-order valence-corrected chi connectivity index (χ1v) is 11.2. The molecule has 1 aliphatic rings. The van der Waals surface area contributed by atoms with Crippen LogP contribution in [-0.4, -0.2) is 64.5 Å². The second kappa shape index (κ2) is 10.0. The van der Waals surface area contributed by atoms with Gasteiger partial charge in [-0.15, -0.1) is 0 Å². The van der Waals surface area contributed by atoms with Crippen LogP contribution in [0, 0.1) is 5.92 Å². The van der Waals surface area contributed by atoms with E-state index in [0.717, 1.165) is 17.6 Å². The van der Waals surface area contributed by atoms with Gasteiger partial charge in [-0.2, -0.15) is 0 Å². The van der Waals surface area contributed by atoms with Crippen LogP contribution in [0.3, 0.4) is 0 Å².